The lowest BCUT2D eigenvalue weighted by molar-refractivity contribution is -0.176. The summed E-state index contributed by atoms with van der Waals surface area (Å²) in [4.78, 5) is 24.4. The van der Waals surface area contributed by atoms with E-state index in [0.29, 0.717) is 38.4 Å². The van der Waals surface area contributed by atoms with Crippen LogP contribution in [-0.4, -0.2) is 76.7 Å². The smallest absolute Gasteiger partial charge is 0.373 e. The van der Waals surface area contributed by atoms with Crippen molar-refractivity contribution in [3.05, 3.63) is 59.9 Å². The van der Waals surface area contributed by atoms with Gasteiger partial charge < -0.3 is 33.5 Å². The quantitative estimate of drug-likeness (QED) is 0.231. The number of carbonyl (C=O) groups excluding carboxylic acids is 2. The van der Waals surface area contributed by atoms with Gasteiger partial charge in [-0.1, -0.05) is 24.8 Å². The van der Waals surface area contributed by atoms with E-state index in [1.165, 1.54) is 13.2 Å². The standard InChI is InChI=1S/C25H34O9/c1-4-12-33-24(28)22-17-21(18-6-8-19(9-7-18)23(27)29-3)20(25(34-22)32-5-2)10-13-30-15-16-31-14-11-26/h4,6-9,17,20-21,25-26H,1,5,10-16H2,2-3H3/t20-,21+,25+/m1/s1. The van der Waals surface area contributed by atoms with Gasteiger partial charge in [0.25, 0.3) is 0 Å². The van der Waals surface area contributed by atoms with Crippen LogP contribution in [0, 0.1) is 5.92 Å². The maximum absolute atomic E-state index is 12.5. The summed E-state index contributed by atoms with van der Waals surface area (Å²) in [6, 6.07) is 7.01. The average molecular weight is 479 g/mol. The number of hydrogen-bond donors (Lipinski definition) is 1. The third kappa shape index (κ3) is 8.25. The van der Waals surface area contributed by atoms with Crippen LogP contribution >= 0.6 is 0 Å². The lowest BCUT2D eigenvalue weighted by Crippen LogP contribution is -2.37. The Morgan fingerprint density at radius 3 is 2.41 bits per heavy atom. The molecule has 1 heterocycles. The summed E-state index contributed by atoms with van der Waals surface area (Å²) in [5.74, 6) is -1.38. The first kappa shape index (κ1) is 27.5. The van der Waals surface area contributed by atoms with E-state index in [4.69, 9.17) is 33.5 Å². The van der Waals surface area contributed by atoms with Gasteiger partial charge in [-0.25, -0.2) is 9.59 Å². The van der Waals surface area contributed by atoms with E-state index in [2.05, 4.69) is 6.58 Å². The second kappa shape index (κ2) is 15.2. The first-order valence-corrected chi connectivity index (χ1v) is 11.3. The Morgan fingerprint density at radius 2 is 1.79 bits per heavy atom. The second-order valence-electron chi connectivity index (χ2n) is 7.40. The molecule has 3 atom stereocenters. The third-order valence-corrected chi connectivity index (χ3v) is 5.17. The minimum atomic E-state index is -0.694. The summed E-state index contributed by atoms with van der Waals surface area (Å²) < 4.78 is 32.6. The molecular weight excluding hydrogens is 444 g/mol. The molecule has 0 bridgehead atoms. The predicted molar refractivity (Wildman–Crippen MR) is 123 cm³/mol. The molecule has 0 radical (unpaired) electrons. The molecule has 1 aliphatic rings. The highest BCUT2D eigenvalue weighted by molar-refractivity contribution is 5.89. The molecule has 0 saturated carbocycles. The summed E-state index contributed by atoms with van der Waals surface area (Å²) in [5.41, 5.74) is 1.31. The number of ether oxygens (including phenoxy) is 6. The van der Waals surface area contributed by atoms with E-state index in [1.54, 1.807) is 18.2 Å². The molecule has 2 rings (SSSR count). The Labute approximate surface area is 200 Å². The van der Waals surface area contributed by atoms with E-state index in [1.807, 2.05) is 19.1 Å². The fraction of sp³-hybridized carbons (Fsp3) is 0.520. The maximum Gasteiger partial charge on any atom is 0.373 e. The van der Waals surface area contributed by atoms with Gasteiger partial charge in [-0.05, 0) is 37.1 Å². The summed E-state index contributed by atoms with van der Waals surface area (Å²) >= 11 is 0. The fourth-order valence-corrected chi connectivity index (χ4v) is 3.58. The zero-order valence-electron chi connectivity index (χ0n) is 19.8. The number of carbonyl (C=O) groups is 2. The Hall–Kier alpha value is -2.72. The van der Waals surface area contributed by atoms with Crippen LogP contribution in [0.3, 0.4) is 0 Å². The molecule has 0 aromatic heterocycles. The summed E-state index contributed by atoms with van der Waals surface area (Å²) in [7, 11) is 1.33. The van der Waals surface area contributed by atoms with Gasteiger partial charge in [0.05, 0.1) is 39.1 Å². The Kier molecular flexibility index (Phi) is 12.3. The van der Waals surface area contributed by atoms with Crippen LogP contribution in [-0.2, 0) is 33.2 Å². The van der Waals surface area contributed by atoms with Crippen molar-refractivity contribution in [1.82, 2.24) is 0 Å². The minimum absolute atomic E-state index is 0.0319. The predicted octanol–water partition coefficient (Wildman–Crippen LogP) is 2.59. The molecule has 188 valence electrons. The molecular formula is C25H34O9. The van der Waals surface area contributed by atoms with E-state index in [0.717, 1.165) is 5.56 Å². The molecule has 9 heteroatoms. The number of hydrogen-bond acceptors (Lipinski definition) is 9. The monoisotopic (exact) mass is 478 g/mol. The normalized spacial score (nSPS) is 19.6. The fourth-order valence-electron chi connectivity index (χ4n) is 3.58. The van der Waals surface area contributed by atoms with Crippen molar-refractivity contribution in [3.63, 3.8) is 0 Å². The molecule has 1 aromatic rings. The number of methoxy groups -OCH3 is 1. The van der Waals surface area contributed by atoms with Gasteiger partial charge >= 0.3 is 11.9 Å². The molecule has 0 amide bonds. The minimum Gasteiger partial charge on any atom is -0.465 e. The maximum atomic E-state index is 12.5. The van der Waals surface area contributed by atoms with Gasteiger partial charge in [-0.15, -0.1) is 0 Å². The topological polar surface area (TPSA) is 110 Å². The van der Waals surface area contributed by atoms with E-state index in [-0.39, 0.29) is 37.4 Å². The molecule has 0 unspecified atom stereocenters. The largest absolute Gasteiger partial charge is 0.465 e. The SMILES string of the molecule is C=CCOC(=O)C1=C[C@@H](c2ccc(C(=O)OC)cc2)[C@@H](CCOCCOCCO)[C@@H](OCC)O1. The van der Waals surface area contributed by atoms with Crippen molar-refractivity contribution < 1.29 is 43.1 Å². The van der Waals surface area contributed by atoms with Gasteiger partial charge in [0, 0.05) is 25.0 Å². The van der Waals surface area contributed by atoms with E-state index < -0.39 is 18.2 Å². The summed E-state index contributed by atoms with van der Waals surface area (Å²) in [6.45, 7) is 7.29. The van der Waals surface area contributed by atoms with Gasteiger partial charge in [0.2, 0.25) is 12.0 Å². The van der Waals surface area contributed by atoms with Crippen LogP contribution in [0.5, 0.6) is 0 Å². The van der Waals surface area contributed by atoms with Crippen molar-refractivity contribution in [1.29, 1.82) is 0 Å². The van der Waals surface area contributed by atoms with Crippen LogP contribution in [0.25, 0.3) is 0 Å². The van der Waals surface area contributed by atoms with Crippen molar-refractivity contribution >= 4 is 11.9 Å². The molecule has 0 saturated heterocycles. The number of allylic oxidation sites excluding steroid dienone is 1. The van der Waals surface area contributed by atoms with Gasteiger partial charge in [0.15, 0.2) is 0 Å². The lowest BCUT2D eigenvalue weighted by Gasteiger charge is -2.36. The first-order chi connectivity index (χ1) is 16.5. The number of aliphatic hydroxyl groups is 1. The molecule has 1 aromatic carbocycles. The van der Waals surface area contributed by atoms with E-state index in [9.17, 15) is 9.59 Å². The summed E-state index contributed by atoms with van der Waals surface area (Å²) in [5, 5.41) is 8.76. The number of esters is 2. The second-order valence-corrected chi connectivity index (χ2v) is 7.40. The number of aliphatic hydroxyl groups excluding tert-OH is 1. The molecule has 0 fully saturated rings. The van der Waals surface area contributed by atoms with Crippen molar-refractivity contribution in [2.45, 2.75) is 25.6 Å². The Balaban J connectivity index is 2.24. The van der Waals surface area contributed by atoms with Crippen molar-refractivity contribution in [2.24, 2.45) is 5.92 Å². The van der Waals surface area contributed by atoms with Crippen molar-refractivity contribution in [2.75, 3.05) is 53.4 Å². The molecule has 0 spiro atoms. The van der Waals surface area contributed by atoms with Gasteiger partial charge in [-0.3, -0.25) is 0 Å². The highest BCUT2D eigenvalue weighted by Crippen LogP contribution is 2.39. The highest BCUT2D eigenvalue weighted by Gasteiger charge is 2.38. The van der Waals surface area contributed by atoms with Crippen molar-refractivity contribution in [3.8, 4) is 0 Å². The van der Waals surface area contributed by atoms with Gasteiger partial charge in [-0.2, -0.15) is 0 Å². The van der Waals surface area contributed by atoms with E-state index >= 15 is 0 Å². The van der Waals surface area contributed by atoms with Crippen LogP contribution < -0.4 is 0 Å². The number of benzene rings is 1. The van der Waals surface area contributed by atoms with Crippen LogP contribution in [0.15, 0.2) is 48.8 Å². The molecule has 1 N–H and O–H groups in total. The average Bonchev–Trinajstić information content (AvgIpc) is 2.86. The zero-order chi connectivity index (χ0) is 24.8. The Bertz CT molecular complexity index is 803. The third-order valence-electron chi connectivity index (χ3n) is 5.17. The Morgan fingerprint density at radius 1 is 1.09 bits per heavy atom. The van der Waals surface area contributed by atoms with Gasteiger partial charge in [0.1, 0.15) is 6.61 Å². The first-order valence-electron chi connectivity index (χ1n) is 11.3. The summed E-state index contributed by atoms with van der Waals surface area (Å²) in [6.07, 6.45) is 3.10. The van der Waals surface area contributed by atoms with Crippen LogP contribution in [0.2, 0.25) is 0 Å². The van der Waals surface area contributed by atoms with Crippen LogP contribution in [0.4, 0.5) is 0 Å². The zero-order valence-corrected chi connectivity index (χ0v) is 19.8. The molecule has 34 heavy (non-hydrogen) atoms. The number of rotatable bonds is 15. The lowest BCUT2D eigenvalue weighted by atomic mass is 9.81. The molecule has 0 aliphatic carbocycles. The highest BCUT2D eigenvalue weighted by atomic mass is 16.7. The van der Waals surface area contributed by atoms with Crippen LogP contribution in [0.1, 0.15) is 35.2 Å². The molecule has 9 nitrogen and oxygen atoms in total. The molecule has 1 aliphatic heterocycles.